The maximum absolute atomic E-state index is 14.9. The SMILES string of the molecule is Cc1nc(Nc2sc(-c3c(F)cc(C(C)(C)O)cc3F)cc2C(N)=O)ccc1N(S(C)(=O)=O)S(C)(=O)=O.Cc1nc(Nc2sc(-c3c(F)cc(C(C)(C)O)cc3F)cc2C(N)=O)ccc1NS(C)(=O)=O. The molecular formula is C43H46F4N8O10S5. The molecule has 4 heterocycles. The summed E-state index contributed by atoms with van der Waals surface area (Å²) in [7, 11) is -11.9. The van der Waals surface area contributed by atoms with Crippen molar-refractivity contribution in [1.82, 2.24) is 9.97 Å². The highest BCUT2D eigenvalue weighted by Gasteiger charge is 2.30. The van der Waals surface area contributed by atoms with Crippen LogP contribution in [-0.2, 0) is 41.3 Å². The number of amides is 2. The van der Waals surface area contributed by atoms with Crippen LogP contribution in [0.2, 0.25) is 0 Å². The first kappa shape index (κ1) is 54.7. The van der Waals surface area contributed by atoms with Crippen LogP contribution in [0.5, 0.6) is 0 Å². The van der Waals surface area contributed by atoms with Gasteiger partial charge in [0.25, 0.3) is 11.8 Å². The number of nitrogens with two attached hydrogens (primary N) is 2. The Morgan fingerprint density at radius 3 is 1.27 bits per heavy atom. The van der Waals surface area contributed by atoms with Crippen molar-refractivity contribution in [2.75, 3.05) is 37.8 Å². The van der Waals surface area contributed by atoms with Gasteiger partial charge in [-0.15, -0.1) is 22.7 Å². The zero-order chi connectivity index (χ0) is 52.8. The van der Waals surface area contributed by atoms with E-state index >= 15 is 0 Å². The number of pyridine rings is 2. The molecule has 0 fully saturated rings. The van der Waals surface area contributed by atoms with Gasteiger partial charge < -0.3 is 32.3 Å². The number of nitrogens with zero attached hydrogens (tertiary/aromatic N) is 3. The summed E-state index contributed by atoms with van der Waals surface area (Å²) in [5.74, 6) is -5.09. The molecule has 6 rings (SSSR count). The predicted molar refractivity (Wildman–Crippen MR) is 262 cm³/mol. The number of carbonyl (C=O) groups is 2. The molecule has 0 unspecified atom stereocenters. The second-order valence-electron chi connectivity index (χ2n) is 16.7. The van der Waals surface area contributed by atoms with E-state index in [0.29, 0.717) is 5.69 Å². The summed E-state index contributed by atoms with van der Waals surface area (Å²) in [5, 5.41) is 26.1. The number of anilines is 6. The number of primary amides is 2. The fourth-order valence-electron chi connectivity index (χ4n) is 6.49. The van der Waals surface area contributed by atoms with Crippen molar-refractivity contribution >= 4 is 97.6 Å². The number of aromatic nitrogens is 2. The van der Waals surface area contributed by atoms with Gasteiger partial charge >= 0.3 is 0 Å². The third-order valence-corrected chi connectivity index (χ3v) is 15.7. The lowest BCUT2D eigenvalue weighted by Crippen LogP contribution is -2.35. The summed E-state index contributed by atoms with van der Waals surface area (Å²) in [5.41, 5.74) is 7.64. The van der Waals surface area contributed by atoms with Gasteiger partial charge in [0.2, 0.25) is 30.1 Å². The summed E-state index contributed by atoms with van der Waals surface area (Å²) in [6.45, 7) is 8.54. The molecular weight excluding hydrogens is 1020 g/mol. The molecule has 376 valence electrons. The number of hydrogen-bond donors (Lipinski definition) is 7. The van der Waals surface area contributed by atoms with Gasteiger partial charge in [0.1, 0.15) is 44.9 Å². The van der Waals surface area contributed by atoms with Gasteiger partial charge in [0.05, 0.1) is 75.0 Å². The zero-order valence-electron chi connectivity index (χ0n) is 38.5. The normalized spacial score (nSPS) is 12.2. The standard InChI is InChI=1S/C22H24F2N4O6S3.C21H22F2N4O4S2/c1-11-16(28(36(4,31)32)37(5,33)34)6-7-18(26-11)27-21-13(20(25)29)10-17(35-21)19-14(23)8-12(9-15(19)24)22(2,3)30;1-10-15(27-33(4,30)31)5-6-17(25-10)26-20-12(19(24)28)9-16(32-20)18-13(22)7-11(8-14(18)23)21(2,3)29/h6-10,30H,1-5H3,(H2,25,29)(H,26,27);5-9,27,29H,1-4H3,(H2,24,28)(H,25,26). The van der Waals surface area contributed by atoms with E-state index in [0.717, 1.165) is 65.7 Å². The van der Waals surface area contributed by atoms with Crippen LogP contribution >= 0.6 is 22.7 Å². The second kappa shape index (κ2) is 19.9. The van der Waals surface area contributed by atoms with Crippen LogP contribution in [0.4, 0.5) is 50.6 Å². The van der Waals surface area contributed by atoms with Crippen LogP contribution in [0.15, 0.2) is 60.7 Å². The molecule has 0 saturated heterocycles. The maximum Gasteiger partial charge on any atom is 0.251 e. The van der Waals surface area contributed by atoms with Gasteiger partial charge in [0.15, 0.2) is 0 Å². The quantitative estimate of drug-likeness (QED) is 0.0508. The Labute approximate surface area is 408 Å². The number of carbonyl (C=O) groups excluding carboxylic acids is 2. The maximum atomic E-state index is 14.9. The van der Waals surface area contributed by atoms with Gasteiger partial charge in [-0.1, -0.05) is 0 Å². The lowest BCUT2D eigenvalue weighted by atomic mass is 9.96. The highest BCUT2D eigenvalue weighted by atomic mass is 32.3. The Balaban J connectivity index is 0.000000262. The van der Waals surface area contributed by atoms with E-state index in [1.54, 1.807) is 6.92 Å². The number of aliphatic hydroxyl groups is 2. The monoisotopic (exact) mass is 1070 g/mol. The summed E-state index contributed by atoms with van der Waals surface area (Å²) >= 11 is 1.70. The van der Waals surface area contributed by atoms with Crippen molar-refractivity contribution in [2.24, 2.45) is 11.5 Å². The van der Waals surface area contributed by atoms with Crippen molar-refractivity contribution < 1.29 is 62.6 Å². The average Bonchev–Trinajstić information content (AvgIpc) is 3.79. The Morgan fingerprint density at radius 2 is 0.971 bits per heavy atom. The first-order valence-electron chi connectivity index (χ1n) is 20.0. The summed E-state index contributed by atoms with van der Waals surface area (Å²) in [4.78, 5) is 32.6. The molecule has 0 aliphatic carbocycles. The Kier molecular flexibility index (Phi) is 15.5. The van der Waals surface area contributed by atoms with E-state index < -0.39 is 81.9 Å². The lowest BCUT2D eigenvalue weighted by molar-refractivity contribution is 0.0774. The molecule has 0 aliphatic heterocycles. The first-order valence-corrected chi connectivity index (χ1v) is 27.2. The molecule has 9 N–H and O–H groups in total. The van der Waals surface area contributed by atoms with E-state index in [4.69, 9.17) is 11.5 Å². The Morgan fingerprint density at radius 1 is 0.614 bits per heavy atom. The second-order valence-corrected chi connectivity index (χ2v) is 24.4. The van der Waals surface area contributed by atoms with Crippen molar-refractivity contribution in [3.8, 4) is 20.9 Å². The first-order chi connectivity index (χ1) is 32.0. The molecule has 2 amide bonds. The minimum Gasteiger partial charge on any atom is -0.386 e. The van der Waals surface area contributed by atoms with E-state index in [1.165, 1.54) is 71.0 Å². The number of rotatable bonds is 15. The number of hydrogen-bond acceptors (Lipinski definition) is 16. The van der Waals surface area contributed by atoms with Crippen molar-refractivity contribution in [2.45, 2.75) is 52.7 Å². The molecule has 4 aromatic heterocycles. The van der Waals surface area contributed by atoms with Crippen LogP contribution in [0.1, 0.15) is 70.9 Å². The van der Waals surface area contributed by atoms with Gasteiger partial charge in [-0.05, 0) is 113 Å². The minimum atomic E-state index is -4.20. The third-order valence-electron chi connectivity index (χ3n) is 9.71. The van der Waals surface area contributed by atoms with E-state index in [1.807, 2.05) is 0 Å². The van der Waals surface area contributed by atoms with Crippen LogP contribution in [0.3, 0.4) is 0 Å². The number of thiophene rings is 2. The number of nitrogens with one attached hydrogen (secondary N) is 3. The molecule has 6 aromatic rings. The van der Waals surface area contributed by atoms with Crippen molar-refractivity contribution in [3.05, 3.63) is 118 Å². The van der Waals surface area contributed by atoms with Crippen molar-refractivity contribution in [1.29, 1.82) is 0 Å². The fourth-order valence-corrected chi connectivity index (χ4v) is 12.4. The molecule has 0 saturated carbocycles. The fraction of sp³-hybridized carbons (Fsp3) is 0.256. The Hall–Kier alpha value is -6.23. The minimum absolute atomic E-state index is 0.00171. The number of benzene rings is 2. The summed E-state index contributed by atoms with van der Waals surface area (Å²) in [6.07, 6.45) is 2.48. The van der Waals surface area contributed by atoms with Crippen LogP contribution in [-0.4, -0.2) is 76.0 Å². The van der Waals surface area contributed by atoms with Crippen LogP contribution in [0, 0.1) is 37.1 Å². The predicted octanol–water partition coefficient (Wildman–Crippen LogP) is 7.03. The van der Waals surface area contributed by atoms with Crippen molar-refractivity contribution in [3.63, 3.8) is 0 Å². The van der Waals surface area contributed by atoms with E-state index in [-0.39, 0.29) is 80.0 Å². The van der Waals surface area contributed by atoms with Gasteiger partial charge in [0, 0.05) is 9.75 Å². The molecule has 18 nitrogen and oxygen atoms in total. The number of sulfonamides is 3. The van der Waals surface area contributed by atoms with Crippen LogP contribution in [0.25, 0.3) is 20.9 Å². The van der Waals surface area contributed by atoms with Gasteiger partial charge in [-0.2, -0.15) is 3.71 Å². The van der Waals surface area contributed by atoms with Gasteiger partial charge in [-0.3, -0.25) is 14.3 Å². The number of aryl methyl sites for hydroxylation is 2. The number of halogens is 4. The van der Waals surface area contributed by atoms with Gasteiger partial charge in [-0.25, -0.2) is 52.8 Å². The highest BCUT2D eigenvalue weighted by Crippen LogP contribution is 2.42. The molecule has 0 bridgehead atoms. The summed E-state index contributed by atoms with van der Waals surface area (Å²) in [6, 6.07) is 12.0. The Bertz CT molecular complexity index is 3330. The topological polar surface area (TPSA) is 294 Å². The summed E-state index contributed by atoms with van der Waals surface area (Å²) < 4.78 is 133. The molecule has 0 spiro atoms. The smallest absolute Gasteiger partial charge is 0.251 e. The van der Waals surface area contributed by atoms with E-state index in [9.17, 15) is 62.6 Å². The molecule has 2 aromatic carbocycles. The lowest BCUT2D eigenvalue weighted by Gasteiger charge is -2.21. The molecule has 0 radical (unpaired) electrons. The average molecular weight is 1070 g/mol. The van der Waals surface area contributed by atoms with Crippen LogP contribution < -0.4 is 30.5 Å². The molecule has 70 heavy (non-hydrogen) atoms. The van der Waals surface area contributed by atoms with E-state index in [2.05, 4.69) is 25.3 Å². The molecule has 0 atom stereocenters. The largest absolute Gasteiger partial charge is 0.386 e. The highest BCUT2D eigenvalue weighted by molar-refractivity contribution is 8.09. The molecule has 27 heteroatoms. The molecule has 0 aliphatic rings. The zero-order valence-corrected chi connectivity index (χ0v) is 42.6. The third kappa shape index (κ3) is 12.9.